The molecule has 4 heteroatoms. The van der Waals surface area contributed by atoms with Gasteiger partial charge in [0.15, 0.2) is 0 Å². The molecule has 0 radical (unpaired) electrons. The molecule has 0 unspecified atom stereocenters. The highest BCUT2D eigenvalue weighted by Crippen LogP contribution is 2.28. The van der Waals surface area contributed by atoms with Gasteiger partial charge < -0.3 is 0 Å². The fourth-order valence-electron chi connectivity index (χ4n) is 1.38. The Labute approximate surface area is 101 Å². The summed E-state index contributed by atoms with van der Waals surface area (Å²) in [4.78, 5) is 1.12. The van der Waals surface area contributed by atoms with Gasteiger partial charge >= 0.3 is 0 Å². The van der Waals surface area contributed by atoms with E-state index in [4.69, 9.17) is 23.2 Å². The molecule has 0 amide bonds. The van der Waals surface area contributed by atoms with Crippen LogP contribution in [0.2, 0.25) is 29.7 Å². The van der Waals surface area contributed by atoms with E-state index >= 15 is 0 Å². The van der Waals surface area contributed by atoms with Gasteiger partial charge in [-0.25, -0.2) is 0 Å². The van der Waals surface area contributed by atoms with Crippen molar-refractivity contribution in [1.29, 1.82) is 0 Å². The summed E-state index contributed by atoms with van der Waals surface area (Å²) in [5, 5.41) is 2.84. The molecule has 0 aliphatic heterocycles. The third-order valence-electron chi connectivity index (χ3n) is 2.03. The van der Waals surface area contributed by atoms with Gasteiger partial charge in [0, 0.05) is 9.92 Å². The van der Waals surface area contributed by atoms with Crippen LogP contribution in [0.3, 0.4) is 0 Å². The standard InChI is InChI=1S/C10H14Cl2SSi/c1-13-8-6-5-7(11)10(9(8)12)14(2,3)4/h5-6H,1-4H3. The van der Waals surface area contributed by atoms with Crippen molar-refractivity contribution in [1.82, 2.24) is 0 Å². The Morgan fingerprint density at radius 1 is 1.14 bits per heavy atom. The van der Waals surface area contributed by atoms with Crippen LogP contribution >= 0.6 is 35.0 Å². The van der Waals surface area contributed by atoms with Gasteiger partial charge in [-0.3, -0.25) is 0 Å². The predicted molar refractivity (Wildman–Crippen MR) is 71.2 cm³/mol. The SMILES string of the molecule is CSc1ccc(Cl)c([Si](C)(C)C)c1Cl. The van der Waals surface area contributed by atoms with E-state index in [1.807, 2.05) is 18.4 Å². The van der Waals surface area contributed by atoms with Crippen LogP contribution in [0.5, 0.6) is 0 Å². The van der Waals surface area contributed by atoms with Crippen molar-refractivity contribution in [3.63, 3.8) is 0 Å². The van der Waals surface area contributed by atoms with Crippen molar-refractivity contribution in [2.24, 2.45) is 0 Å². The lowest BCUT2D eigenvalue weighted by Crippen LogP contribution is -2.39. The van der Waals surface area contributed by atoms with Crippen LogP contribution in [0.15, 0.2) is 17.0 Å². The molecule has 0 bridgehead atoms. The number of thioether (sulfide) groups is 1. The third-order valence-corrected chi connectivity index (χ3v) is 5.96. The lowest BCUT2D eigenvalue weighted by Gasteiger charge is -2.21. The summed E-state index contributed by atoms with van der Waals surface area (Å²) in [6.45, 7) is 6.76. The minimum Gasteiger partial charge on any atom is -0.128 e. The number of rotatable bonds is 2. The second kappa shape index (κ2) is 4.48. The topological polar surface area (TPSA) is 0 Å². The van der Waals surface area contributed by atoms with E-state index < -0.39 is 8.07 Å². The average molecular weight is 265 g/mol. The largest absolute Gasteiger partial charge is 0.128 e. The number of halogens is 2. The van der Waals surface area contributed by atoms with Crippen LogP contribution in [0.1, 0.15) is 0 Å². The zero-order valence-electron chi connectivity index (χ0n) is 8.82. The van der Waals surface area contributed by atoms with Crippen molar-refractivity contribution >= 4 is 48.2 Å². The van der Waals surface area contributed by atoms with Gasteiger partial charge in [0.1, 0.15) is 0 Å². The summed E-state index contributed by atoms with van der Waals surface area (Å²) in [7, 11) is -1.45. The second-order valence-corrected chi connectivity index (χ2v) is 10.8. The molecule has 78 valence electrons. The molecule has 1 rings (SSSR count). The Bertz CT molecular complexity index is 345. The quantitative estimate of drug-likeness (QED) is 0.568. The molecule has 0 aromatic heterocycles. The monoisotopic (exact) mass is 264 g/mol. The molecule has 0 heterocycles. The minimum absolute atomic E-state index is 0.812. The van der Waals surface area contributed by atoms with Crippen molar-refractivity contribution in [2.45, 2.75) is 24.5 Å². The maximum Gasteiger partial charge on any atom is 0.0815 e. The van der Waals surface area contributed by atoms with Gasteiger partial charge in [-0.2, -0.15) is 0 Å². The van der Waals surface area contributed by atoms with Crippen LogP contribution in [0.25, 0.3) is 0 Å². The van der Waals surface area contributed by atoms with E-state index in [9.17, 15) is 0 Å². The Balaban J connectivity index is 3.40. The van der Waals surface area contributed by atoms with Gasteiger partial charge in [0.05, 0.1) is 13.1 Å². The highest BCUT2D eigenvalue weighted by Gasteiger charge is 2.24. The van der Waals surface area contributed by atoms with E-state index in [0.29, 0.717) is 0 Å². The number of hydrogen-bond donors (Lipinski definition) is 0. The Hall–Kier alpha value is 0.367. The summed E-state index contributed by atoms with van der Waals surface area (Å²) < 4.78 is 0. The summed E-state index contributed by atoms with van der Waals surface area (Å²) in [6, 6.07) is 3.94. The molecule has 1 aromatic carbocycles. The zero-order valence-corrected chi connectivity index (χ0v) is 12.1. The highest BCUT2D eigenvalue weighted by molar-refractivity contribution is 7.98. The minimum atomic E-state index is -1.45. The molecule has 1 aromatic rings. The highest BCUT2D eigenvalue weighted by atomic mass is 35.5. The molecule has 0 aliphatic carbocycles. The van der Waals surface area contributed by atoms with Crippen molar-refractivity contribution in [2.75, 3.05) is 6.26 Å². The van der Waals surface area contributed by atoms with Crippen molar-refractivity contribution < 1.29 is 0 Å². The van der Waals surface area contributed by atoms with E-state index in [-0.39, 0.29) is 0 Å². The first-order valence-corrected chi connectivity index (χ1v) is 9.88. The lowest BCUT2D eigenvalue weighted by molar-refractivity contribution is 1.48. The molecular formula is C10H14Cl2SSi. The van der Waals surface area contributed by atoms with E-state index in [1.54, 1.807) is 11.8 Å². The van der Waals surface area contributed by atoms with Crippen molar-refractivity contribution in [3.8, 4) is 0 Å². The fraction of sp³-hybridized carbons (Fsp3) is 0.400. The molecule has 0 spiro atoms. The molecule has 0 aliphatic rings. The molecular weight excluding hydrogens is 251 g/mol. The van der Waals surface area contributed by atoms with Gasteiger partial charge in [0.2, 0.25) is 0 Å². The third kappa shape index (κ3) is 2.48. The van der Waals surface area contributed by atoms with Crippen LogP contribution in [0.4, 0.5) is 0 Å². The van der Waals surface area contributed by atoms with E-state index in [2.05, 4.69) is 19.6 Å². The Morgan fingerprint density at radius 3 is 2.14 bits per heavy atom. The first-order chi connectivity index (χ1) is 6.38. The Morgan fingerprint density at radius 2 is 1.71 bits per heavy atom. The molecule has 0 nitrogen and oxygen atoms in total. The molecule has 0 fully saturated rings. The molecule has 0 N–H and O–H groups in total. The van der Waals surface area contributed by atoms with Crippen LogP contribution in [-0.2, 0) is 0 Å². The molecule has 0 atom stereocenters. The van der Waals surface area contributed by atoms with E-state index in [0.717, 1.165) is 14.9 Å². The molecule has 0 saturated carbocycles. The first-order valence-electron chi connectivity index (χ1n) is 4.40. The summed E-state index contributed by atoms with van der Waals surface area (Å²) in [5.41, 5.74) is 0. The van der Waals surface area contributed by atoms with Gasteiger partial charge in [-0.15, -0.1) is 11.8 Å². The maximum absolute atomic E-state index is 6.33. The molecule has 0 saturated heterocycles. The van der Waals surface area contributed by atoms with Crippen LogP contribution in [-0.4, -0.2) is 14.3 Å². The first kappa shape index (κ1) is 12.4. The molecule has 14 heavy (non-hydrogen) atoms. The van der Waals surface area contributed by atoms with Gasteiger partial charge in [-0.05, 0) is 23.6 Å². The zero-order chi connectivity index (χ0) is 10.9. The number of benzene rings is 1. The fourth-order valence-corrected chi connectivity index (χ4v) is 5.85. The van der Waals surface area contributed by atoms with Crippen molar-refractivity contribution in [3.05, 3.63) is 22.2 Å². The average Bonchev–Trinajstić information content (AvgIpc) is 2.02. The lowest BCUT2D eigenvalue weighted by atomic mass is 10.3. The second-order valence-electron chi connectivity index (χ2n) is 4.19. The predicted octanol–water partition coefficient (Wildman–Crippen LogP) is 4.26. The van der Waals surface area contributed by atoms with Gasteiger partial charge in [-0.1, -0.05) is 42.8 Å². The summed E-state index contributed by atoms with van der Waals surface area (Å²) in [5.74, 6) is 0. The normalized spacial score (nSPS) is 11.9. The van der Waals surface area contributed by atoms with Crippen LogP contribution < -0.4 is 5.19 Å². The Kier molecular flexibility index (Phi) is 3.98. The van der Waals surface area contributed by atoms with Crippen LogP contribution in [0, 0.1) is 0 Å². The number of hydrogen-bond acceptors (Lipinski definition) is 1. The smallest absolute Gasteiger partial charge is 0.0815 e. The summed E-state index contributed by atoms with van der Waals surface area (Å²) in [6.07, 6.45) is 2.03. The van der Waals surface area contributed by atoms with Gasteiger partial charge in [0.25, 0.3) is 0 Å². The van der Waals surface area contributed by atoms with E-state index in [1.165, 1.54) is 5.19 Å². The summed E-state index contributed by atoms with van der Waals surface area (Å²) >= 11 is 14.2. The maximum atomic E-state index is 6.33.